The van der Waals surface area contributed by atoms with Crippen molar-refractivity contribution in [1.29, 1.82) is 0 Å². The number of halogens is 1. The minimum atomic E-state index is 0.512. The van der Waals surface area contributed by atoms with Gasteiger partial charge in [-0.05, 0) is 24.1 Å². The summed E-state index contributed by atoms with van der Waals surface area (Å²) in [4.78, 5) is 2.75. The van der Waals surface area contributed by atoms with Crippen molar-refractivity contribution in [2.45, 2.75) is 19.3 Å². The third-order valence-electron chi connectivity index (χ3n) is 1.49. The van der Waals surface area contributed by atoms with E-state index in [2.05, 4.69) is 38.8 Å². The molecule has 1 atom stereocenters. The van der Waals surface area contributed by atoms with Gasteiger partial charge < -0.3 is 0 Å². The molecule has 0 aromatic carbocycles. The van der Waals surface area contributed by atoms with Gasteiger partial charge in [-0.3, -0.25) is 0 Å². The Bertz CT molecular complexity index is 159. The van der Waals surface area contributed by atoms with Crippen molar-refractivity contribution >= 4 is 15.9 Å². The summed E-state index contributed by atoms with van der Waals surface area (Å²) in [6.45, 7) is 0. The molecule has 0 bridgehead atoms. The fourth-order valence-electron chi connectivity index (χ4n) is 1.00. The minimum absolute atomic E-state index is 0.512. The van der Waals surface area contributed by atoms with Crippen molar-refractivity contribution in [2.75, 3.05) is 0 Å². The Morgan fingerprint density at radius 3 is 3.00 bits per heavy atom. The fourth-order valence-corrected chi connectivity index (χ4v) is 1.30. The van der Waals surface area contributed by atoms with E-state index in [1.54, 1.807) is 0 Å². The van der Waals surface area contributed by atoms with E-state index >= 15 is 0 Å². The molecule has 0 N–H and O–H groups in total. The molecule has 0 saturated carbocycles. The number of allylic oxidation sites excluding steroid dienone is 2. The van der Waals surface area contributed by atoms with Crippen LogP contribution in [0.4, 0.5) is 0 Å². The second-order valence-electron chi connectivity index (χ2n) is 2.20. The number of hydrogen-bond donors (Lipinski definition) is 0. The first-order chi connectivity index (χ1) is 4.43. The largest absolute Gasteiger partial charge is 0.0873 e. The van der Waals surface area contributed by atoms with Gasteiger partial charge in [-0.15, -0.1) is 0 Å². The molecule has 1 aliphatic carbocycles. The summed E-state index contributed by atoms with van der Waals surface area (Å²) in [5, 5.41) is 0. The fraction of sp³-hybridized carbons (Fsp3) is 0.500. The SMILES string of the molecule is BrC#CC1C=CCCC1. The van der Waals surface area contributed by atoms with Crippen LogP contribution < -0.4 is 0 Å². The molecule has 1 rings (SSSR count). The summed E-state index contributed by atoms with van der Waals surface area (Å²) in [6.07, 6.45) is 8.17. The monoisotopic (exact) mass is 184 g/mol. The lowest BCUT2D eigenvalue weighted by atomic mass is 9.97. The maximum atomic E-state index is 3.09. The molecular weight excluding hydrogens is 176 g/mol. The average Bonchev–Trinajstić information content (AvgIpc) is 1.91. The first kappa shape index (κ1) is 6.89. The van der Waals surface area contributed by atoms with E-state index < -0.39 is 0 Å². The van der Waals surface area contributed by atoms with Crippen LogP contribution in [0.15, 0.2) is 12.2 Å². The second-order valence-corrected chi connectivity index (χ2v) is 2.60. The molecule has 0 spiro atoms. The van der Waals surface area contributed by atoms with Crippen LogP contribution in [-0.4, -0.2) is 0 Å². The van der Waals surface area contributed by atoms with Gasteiger partial charge in [0.05, 0.1) is 0 Å². The van der Waals surface area contributed by atoms with Crippen LogP contribution in [0.3, 0.4) is 0 Å². The van der Waals surface area contributed by atoms with Crippen molar-refractivity contribution < 1.29 is 0 Å². The Hall–Kier alpha value is -0.220. The van der Waals surface area contributed by atoms with Gasteiger partial charge in [-0.1, -0.05) is 18.1 Å². The smallest absolute Gasteiger partial charge is 0.0391 e. The first-order valence-corrected chi connectivity index (χ1v) is 4.00. The summed E-state index contributed by atoms with van der Waals surface area (Å²) in [5.41, 5.74) is 0. The topological polar surface area (TPSA) is 0 Å². The van der Waals surface area contributed by atoms with E-state index in [4.69, 9.17) is 0 Å². The highest BCUT2D eigenvalue weighted by molar-refractivity contribution is 9.12. The average molecular weight is 185 g/mol. The van der Waals surface area contributed by atoms with E-state index in [1.165, 1.54) is 19.3 Å². The lowest BCUT2D eigenvalue weighted by molar-refractivity contribution is 0.646. The summed E-state index contributed by atoms with van der Waals surface area (Å²) in [5.74, 6) is 3.58. The quantitative estimate of drug-likeness (QED) is 0.402. The predicted molar refractivity (Wildman–Crippen MR) is 43.2 cm³/mol. The van der Waals surface area contributed by atoms with Gasteiger partial charge in [0.1, 0.15) is 0 Å². The normalized spacial score (nSPS) is 24.8. The van der Waals surface area contributed by atoms with Crippen molar-refractivity contribution in [3.8, 4) is 10.8 Å². The van der Waals surface area contributed by atoms with Crippen LogP contribution in [0.5, 0.6) is 0 Å². The van der Waals surface area contributed by atoms with Crippen LogP contribution in [0.25, 0.3) is 0 Å². The lowest BCUT2D eigenvalue weighted by Gasteiger charge is -2.07. The van der Waals surface area contributed by atoms with Crippen molar-refractivity contribution in [3.05, 3.63) is 12.2 Å². The molecule has 1 unspecified atom stereocenters. The third-order valence-corrected chi connectivity index (χ3v) is 1.72. The molecule has 0 amide bonds. The Labute approximate surface area is 64.5 Å². The first-order valence-electron chi connectivity index (χ1n) is 3.21. The zero-order valence-corrected chi connectivity index (χ0v) is 6.82. The van der Waals surface area contributed by atoms with Gasteiger partial charge in [0.25, 0.3) is 0 Å². The number of hydrogen-bond acceptors (Lipinski definition) is 0. The zero-order chi connectivity index (χ0) is 6.53. The maximum absolute atomic E-state index is 3.09. The molecule has 0 aromatic heterocycles. The highest BCUT2D eigenvalue weighted by atomic mass is 79.9. The van der Waals surface area contributed by atoms with E-state index in [9.17, 15) is 0 Å². The van der Waals surface area contributed by atoms with Crippen LogP contribution in [0, 0.1) is 16.7 Å². The van der Waals surface area contributed by atoms with Crippen LogP contribution in [0.1, 0.15) is 19.3 Å². The van der Waals surface area contributed by atoms with E-state index in [0.717, 1.165) is 0 Å². The zero-order valence-electron chi connectivity index (χ0n) is 5.23. The van der Waals surface area contributed by atoms with E-state index in [0.29, 0.717) is 5.92 Å². The highest BCUT2D eigenvalue weighted by Gasteiger charge is 2.02. The lowest BCUT2D eigenvalue weighted by Crippen LogP contribution is -1.95. The standard InChI is InChI=1S/C8H9Br/c9-7-6-8-4-2-1-3-5-8/h2,4,8H,1,3,5H2. The molecule has 48 valence electrons. The molecule has 1 aliphatic rings. The Morgan fingerprint density at radius 1 is 1.56 bits per heavy atom. The van der Waals surface area contributed by atoms with Crippen LogP contribution in [-0.2, 0) is 0 Å². The summed E-state index contributed by atoms with van der Waals surface area (Å²) >= 11 is 3.09. The molecular formula is C8H9Br. The Balaban J connectivity index is 2.46. The van der Waals surface area contributed by atoms with Crippen molar-refractivity contribution in [3.63, 3.8) is 0 Å². The highest BCUT2D eigenvalue weighted by Crippen LogP contribution is 2.15. The molecule has 0 aliphatic heterocycles. The van der Waals surface area contributed by atoms with Gasteiger partial charge >= 0.3 is 0 Å². The van der Waals surface area contributed by atoms with Gasteiger partial charge in [-0.25, -0.2) is 0 Å². The molecule has 0 saturated heterocycles. The van der Waals surface area contributed by atoms with Gasteiger partial charge in [0.2, 0.25) is 0 Å². The van der Waals surface area contributed by atoms with E-state index in [-0.39, 0.29) is 0 Å². The van der Waals surface area contributed by atoms with Gasteiger partial charge in [0.15, 0.2) is 0 Å². The third kappa shape index (κ3) is 2.24. The van der Waals surface area contributed by atoms with Gasteiger partial charge in [0, 0.05) is 21.8 Å². The summed E-state index contributed by atoms with van der Waals surface area (Å²) in [6, 6.07) is 0. The summed E-state index contributed by atoms with van der Waals surface area (Å²) in [7, 11) is 0. The maximum Gasteiger partial charge on any atom is 0.0391 e. The second kappa shape index (κ2) is 3.74. The molecule has 9 heavy (non-hydrogen) atoms. The van der Waals surface area contributed by atoms with Crippen molar-refractivity contribution in [1.82, 2.24) is 0 Å². The minimum Gasteiger partial charge on any atom is -0.0873 e. The molecule has 0 aromatic rings. The summed E-state index contributed by atoms with van der Waals surface area (Å²) < 4.78 is 0. The Morgan fingerprint density at radius 2 is 2.44 bits per heavy atom. The molecule has 0 heterocycles. The molecule has 0 fully saturated rings. The molecule has 0 radical (unpaired) electrons. The molecule has 1 heteroatoms. The van der Waals surface area contributed by atoms with Crippen LogP contribution in [0.2, 0.25) is 0 Å². The van der Waals surface area contributed by atoms with E-state index in [1.807, 2.05) is 0 Å². The van der Waals surface area contributed by atoms with Gasteiger partial charge in [-0.2, -0.15) is 0 Å². The number of rotatable bonds is 0. The predicted octanol–water partition coefficient (Wildman–Crippen LogP) is 2.70. The van der Waals surface area contributed by atoms with Crippen LogP contribution >= 0.6 is 15.9 Å². The van der Waals surface area contributed by atoms with Crippen molar-refractivity contribution in [2.24, 2.45) is 5.92 Å². The molecule has 0 nitrogen and oxygen atoms in total. The Kier molecular flexibility index (Phi) is 2.86.